The van der Waals surface area contributed by atoms with E-state index in [1.165, 1.54) is 6.07 Å². The largest absolute Gasteiger partial charge is 0.475 e. The molecule has 30 heavy (non-hydrogen) atoms. The Hall–Kier alpha value is -2.55. The van der Waals surface area contributed by atoms with Crippen LogP contribution in [0.4, 0.5) is 13.2 Å². The number of thiophene rings is 1. The summed E-state index contributed by atoms with van der Waals surface area (Å²) in [5.74, 6) is 1.46. The molecule has 1 aliphatic rings. The van der Waals surface area contributed by atoms with E-state index in [1.807, 2.05) is 38.2 Å². The molecular formula is C21H22F3N3O2S. The van der Waals surface area contributed by atoms with Crippen LogP contribution in [0.15, 0.2) is 36.4 Å². The number of carbonyl (C=O) groups is 1. The summed E-state index contributed by atoms with van der Waals surface area (Å²) in [4.78, 5) is 17.9. The van der Waals surface area contributed by atoms with Gasteiger partial charge in [-0.15, -0.1) is 11.3 Å². The van der Waals surface area contributed by atoms with Crippen LogP contribution in [-0.4, -0.2) is 28.2 Å². The van der Waals surface area contributed by atoms with Gasteiger partial charge in [0.1, 0.15) is 5.82 Å². The molecule has 2 heterocycles. The molecule has 2 aromatic heterocycles. The first-order valence-electron chi connectivity index (χ1n) is 9.71. The highest BCUT2D eigenvalue weighted by Gasteiger charge is 2.42. The fourth-order valence-electron chi connectivity index (χ4n) is 3.69. The van der Waals surface area contributed by atoms with E-state index < -0.39 is 12.8 Å². The number of nitrogens with one attached hydrogen (secondary N) is 1. The van der Waals surface area contributed by atoms with E-state index in [1.54, 1.807) is 6.07 Å². The molecule has 0 unspecified atom stereocenters. The third kappa shape index (κ3) is 4.61. The molecule has 1 aromatic carbocycles. The minimum atomic E-state index is -4.37. The van der Waals surface area contributed by atoms with Crippen molar-refractivity contribution in [3.05, 3.63) is 47.1 Å². The molecule has 3 aromatic rings. The van der Waals surface area contributed by atoms with Crippen molar-refractivity contribution in [1.82, 2.24) is 14.9 Å². The van der Waals surface area contributed by atoms with E-state index >= 15 is 0 Å². The Kier molecular flexibility index (Phi) is 5.48. The van der Waals surface area contributed by atoms with Crippen LogP contribution in [0.5, 0.6) is 5.06 Å². The average molecular weight is 437 g/mol. The normalized spacial score (nSPS) is 19.6. The number of benzene rings is 1. The highest BCUT2D eigenvalue weighted by Crippen LogP contribution is 2.49. The van der Waals surface area contributed by atoms with Gasteiger partial charge in [0.2, 0.25) is 5.91 Å². The van der Waals surface area contributed by atoms with Crippen LogP contribution in [0, 0.1) is 5.92 Å². The molecule has 9 heteroatoms. The van der Waals surface area contributed by atoms with Gasteiger partial charge in [-0.05, 0) is 43.5 Å². The molecular weight excluding hydrogens is 415 g/mol. The second kappa shape index (κ2) is 7.94. The van der Waals surface area contributed by atoms with Gasteiger partial charge in [-0.3, -0.25) is 4.79 Å². The first-order chi connectivity index (χ1) is 14.2. The van der Waals surface area contributed by atoms with Crippen LogP contribution in [0.2, 0.25) is 0 Å². The number of carbonyl (C=O) groups excluding carboxylic acids is 1. The van der Waals surface area contributed by atoms with Crippen LogP contribution in [0.3, 0.4) is 0 Å². The SMILES string of the molecule is C[C@@H](NC(=O)C[C@@H]1C[C@@H]1c1nc2ccccc2n1C)c1ccc(OCC(F)(F)F)s1. The lowest BCUT2D eigenvalue weighted by Crippen LogP contribution is -2.26. The zero-order valence-corrected chi connectivity index (χ0v) is 17.4. The van der Waals surface area contributed by atoms with Crippen LogP contribution >= 0.6 is 11.3 Å². The number of halogens is 3. The Labute approximate surface area is 175 Å². The number of para-hydroxylation sites is 2. The van der Waals surface area contributed by atoms with E-state index in [2.05, 4.69) is 9.88 Å². The van der Waals surface area contributed by atoms with Gasteiger partial charge in [0.15, 0.2) is 11.7 Å². The number of fused-ring (bicyclic) bond motifs is 1. The highest BCUT2D eigenvalue weighted by molar-refractivity contribution is 7.13. The van der Waals surface area contributed by atoms with E-state index in [-0.39, 0.29) is 28.8 Å². The lowest BCUT2D eigenvalue weighted by atomic mass is 10.2. The summed E-state index contributed by atoms with van der Waals surface area (Å²) in [5, 5.41) is 3.12. The number of aromatic nitrogens is 2. The molecule has 1 saturated carbocycles. The standard InChI is InChI=1S/C21H22F3N3O2S/c1-12(17-7-8-19(30-17)29-11-21(22,23)24)25-18(28)10-13-9-14(13)20-26-15-5-3-4-6-16(15)27(20)2/h3-8,12-14H,9-11H2,1-2H3,(H,25,28)/t12-,13+,14+/m1/s1. The summed E-state index contributed by atoms with van der Waals surface area (Å²) in [6, 6.07) is 10.8. The van der Waals surface area contributed by atoms with E-state index in [0.29, 0.717) is 6.42 Å². The minimum Gasteiger partial charge on any atom is -0.475 e. The third-order valence-corrected chi connectivity index (χ3v) is 6.49. The number of rotatable bonds is 7. The van der Waals surface area contributed by atoms with Crippen molar-refractivity contribution in [3.8, 4) is 5.06 Å². The first-order valence-corrected chi connectivity index (χ1v) is 10.5. The Morgan fingerprint density at radius 3 is 2.83 bits per heavy atom. The van der Waals surface area contributed by atoms with Crippen molar-refractivity contribution in [2.24, 2.45) is 13.0 Å². The Morgan fingerprint density at radius 1 is 1.33 bits per heavy atom. The van der Waals surface area contributed by atoms with Gasteiger partial charge in [-0.2, -0.15) is 13.2 Å². The van der Waals surface area contributed by atoms with Gasteiger partial charge >= 0.3 is 6.18 Å². The van der Waals surface area contributed by atoms with Crippen LogP contribution in [0.25, 0.3) is 11.0 Å². The average Bonchev–Trinajstić information content (AvgIpc) is 3.12. The number of ether oxygens (including phenoxy) is 1. The maximum absolute atomic E-state index is 12.5. The lowest BCUT2D eigenvalue weighted by Gasteiger charge is -2.12. The third-order valence-electron chi connectivity index (χ3n) is 5.31. The van der Waals surface area contributed by atoms with Crippen LogP contribution < -0.4 is 10.1 Å². The summed E-state index contributed by atoms with van der Waals surface area (Å²) < 4.78 is 43.6. The number of hydrogen-bond acceptors (Lipinski definition) is 4. The first kappa shape index (κ1) is 20.7. The van der Waals surface area contributed by atoms with Crippen molar-refractivity contribution >= 4 is 28.3 Å². The lowest BCUT2D eigenvalue weighted by molar-refractivity contribution is -0.152. The van der Waals surface area contributed by atoms with Gasteiger partial charge in [0.25, 0.3) is 0 Å². The molecule has 1 aliphatic carbocycles. The van der Waals surface area contributed by atoms with Crippen molar-refractivity contribution in [3.63, 3.8) is 0 Å². The fraction of sp³-hybridized carbons (Fsp3) is 0.429. The number of nitrogens with zero attached hydrogens (tertiary/aromatic N) is 2. The Morgan fingerprint density at radius 2 is 2.10 bits per heavy atom. The van der Waals surface area contributed by atoms with Gasteiger partial charge < -0.3 is 14.6 Å². The summed E-state index contributed by atoms with van der Waals surface area (Å²) in [5.41, 5.74) is 2.04. The summed E-state index contributed by atoms with van der Waals surface area (Å²) >= 11 is 1.11. The molecule has 1 N–H and O–H groups in total. The summed E-state index contributed by atoms with van der Waals surface area (Å²) in [6.45, 7) is 0.492. The van der Waals surface area contributed by atoms with Gasteiger partial charge in [-0.1, -0.05) is 12.1 Å². The minimum absolute atomic E-state index is 0.0695. The molecule has 0 bridgehead atoms. The van der Waals surface area contributed by atoms with Crippen molar-refractivity contribution in [2.75, 3.05) is 6.61 Å². The quantitative estimate of drug-likeness (QED) is 0.569. The summed E-state index contributed by atoms with van der Waals surface area (Å²) in [6.07, 6.45) is -3.04. The van der Waals surface area contributed by atoms with Gasteiger partial charge in [-0.25, -0.2) is 4.98 Å². The zero-order chi connectivity index (χ0) is 21.5. The molecule has 0 aliphatic heterocycles. The van der Waals surface area contributed by atoms with Crippen molar-refractivity contribution < 1.29 is 22.7 Å². The van der Waals surface area contributed by atoms with Crippen LogP contribution in [-0.2, 0) is 11.8 Å². The number of aryl methyl sites for hydroxylation is 1. The number of alkyl halides is 3. The fourth-order valence-corrected chi connectivity index (χ4v) is 4.55. The topological polar surface area (TPSA) is 56.2 Å². The molecule has 0 radical (unpaired) electrons. The Balaban J connectivity index is 1.30. The van der Waals surface area contributed by atoms with Crippen LogP contribution in [0.1, 0.15) is 42.4 Å². The molecule has 160 valence electrons. The van der Waals surface area contributed by atoms with Gasteiger partial charge in [0, 0.05) is 24.3 Å². The number of amides is 1. The smallest absolute Gasteiger partial charge is 0.422 e. The number of imidazole rings is 1. The summed E-state index contributed by atoms with van der Waals surface area (Å²) in [7, 11) is 2.00. The molecule has 0 saturated heterocycles. The van der Waals surface area contributed by atoms with E-state index in [0.717, 1.165) is 39.5 Å². The highest BCUT2D eigenvalue weighted by atomic mass is 32.1. The predicted octanol–water partition coefficient (Wildman–Crippen LogP) is 4.95. The zero-order valence-electron chi connectivity index (χ0n) is 16.6. The molecule has 4 rings (SSSR count). The Bertz CT molecular complexity index is 1060. The molecule has 3 atom stereocenters. The molecule has 0 spiro atoms. The maximum Gasteiger partial charge on any atom is 0.422 e. The van der Waals surface area contributed by atoms with Crippen molar-refractivity contribution in [2.45, 2.75) is 37.9 Å². The molecule has 1 amide bonds. The molecule has 1 fully saturated rings. The molecule has 5 nitrogen and oxygen atoms in total. The van der Waals surface area contributed by atoms with Gasteiger partial charge in [0.05, 0.1) is 17.1 Å². The maximum atomic E-state index is 12.5. The monoisotopic (exact) mass is 437 g/mol. The second-order valence-electron chi connectivity index (χ2n) is 7.67. The second-order valence-corrected chi connectivity index (χ2v) is 8.75. The van der Waals surface area contributed by atoms with E-state index in [9.17, 15) is 18.0 Å². The van der Waals surface area contributed by atoms with Crippen molar-refractivity contribution in [1.29, 1.82) is 0 Å². The predicted molar refractivity (Wildman–Crippen MR) is 109 cm³/mol. The van der Waals surface area contributed by atoms with E-state index in [4.69, 9.17) is 9.72 Å². The number of hydrogen-bond donors (Lipinski definition) is 1.